The van der Waals surface area contributed by atoms with Crippen molar-refractivity contribution in [2.24, 2.45) is 0 Å². The number of ether oxygens (including phenoxy) is 1. The van der Waals surface area contributed by atoms with Gasteiger partial charge in [0.05, 0.1) is 29.3 Å². The third-order valence-electron chi connectivity index (χ3n) is 4.99. The average molecular weight is 360 g/mol. The molecule has 0 saturated carbocycles. The van der Waals surface area contributed by atoms with Crippen LogP contribution in [0.25, 0.3) is 6.08 Å². The van der Waals surface area contributed by atoms with Gasteiger partial charge in [-0.3, -0.25) is 4.98 Å². The smallest absolute Gasteiger partial charge is 0.339 e. The Morgan fingerprint density at radius 3 is 2.77 bits per heavy atom. The van der Waals surface area contributed by atoms with Gasteiger partial charge in [-0.1, -0.05) is 45.6 Å². The number of allylic oxidation sites excluding steroid dienone is 1. The molecule has 0 saturated heterocycles. The van der Waals surface area contributed by atoms with Crippen LogP contribution < -0.4 is 5.73 Å². The number of aromatic nitrogens is 1. The van der Waals surface area contributed by atoms with Crippen molar-refractivity contribution in [2.75, 3.05) is 5.73 Å². The Morgan fingerprint density at radius 1 is 1.35 bits per heavy atom. The van der Waals surface area contributed by atoms with Crippen LogP contribution >= 0.6 is 0 Å². The van der Waals surface area contributed by atoms with Crippen molar-refractivity contribution in [1.82, 2.24) is 4.98 Å². The Bertz CT molecular complexity index is 655. The van der Waals surface area contributed by atoms with E-state index in [9.17, 15) is 9.90 Å². The summed E-state index contributed by atoms with van der Waals surface area (Å²) in [5, 5.41) is 9.54. The minimum atomic E-state index is -1.03. The maximum absolute atomic E-state index is 11.6. The van der Waals surface area contributed by atoms with Crippen LogP contribution in [0.1, 0.15) is 98.6 Å². The van der Waals surface area contributed by atoms with E-state index in [1.165, 1.54) is 12.8 Å². The van der Waals surface area contributed by atoms with E-state index in [0.717, 1.165) is 49.8 Å². The Labute approximate surface area is 156 Å². The first kappa shape index (κ1) is 20.4. The van der Waals surface area contributed by atoms with E-state index in [-0.39, 0.29) is 17.8 Å². The second-order valence-electron chi connectivity index (χ2n) is 7.10. The number of carbonyl (C=O) groups is 1. The lowest BCUT2D eigenvalue weighted by molar-refractivity contribution is -0.0266. The number of pyridine rings is 1. The number of aryl methyl sites for hydroxylation is 1. The number of rotatable bonds is 9. The zero-order chi connectivity index (χ0) is 19.1. The maximum Gasteiger partial charge on any atom is 0.339 e. The number of nitrogens with two attached hydrogens (primary N) is 1. The van der Waals surface area contributed by atoms with Gasteiger partial charge in [0.15, 0.2) is 0 Å². The summed E-state index contributed by atoms with van der Waals surface area (Å²) in [7, 11) is 0. The van der Waals surface area contributed by atoms with E-state index in [1.54, 1.807) is 6.92 Å². The molecule has 1 aromatic heterocycles. The van der Waals surface area contributed by atoms with Crippen LogP contribution in [-0.4, -0.2) is 22.2 Å². The molecule has 0 aromatic carbocycles. The standard InChI is InChI=1S/C21H32N2O3/c1-4-6-7-11-15(10-5-2)26-17-13-9-8-12-16-19(17)20(22)18(21(24)25)14(3)23-16/h8,12,15,17H,4-7,9-11,13H2,1-3H3,(H2,22,23)(H,24,25). The Kier molecular flexibility index (Phi) is 7.64. The van der Waals surface area contributed by atoms with Gasteiger partial charge in [0.1, 0.15) is 5.56 Å². The fraction of sp³-hybridized carbons (Fsp3) is 0.619. The van der Waals surface area contributed by atoms with E-state index in [2.05, 4.69) is 24.9 Å². The molecule has 0 radical (unpaired) electrons. The minimum absolute atomic E-state index is 0.102. The van der Waals surface area contributed by atoms with Gasteiger partial charge in [0.25, 0.3) is 0 Å². The Morgan fingerprint density at radius 2 is 2.12 bits per heavy atom. The predicted octanol–water partition coefficient (Wildman–Crippen LogP) is 5.28. The molecule has 0 spiro atoms. The molecule has 0 fully saturated rings. The van der Waals surface area contributed by atoms with Gasteiger partial charge < -0.3 is 15.6 Å². The molecule has 26 heavy (non-hydrogen) atoms. The van der Waals surface area contributed by atoms with Crippen LogP contribution in [-0.2, 0) is 4.74 Å². The highest BCUT2D eigenvalue weighted by Gasteiger charge is 2.28. The van der Waals surface area contributed by atoms with Gasteiger partial charge in [0.2, 0.25) is 0 Å². The summed E-state index contributed by atoms with van der Waals surface area (Å²) in [6.07, 6.45) is 12.3. The summed E-state index contributed by atoms with van der Waals surface area (Å²) in [5.74, 6) is -1.03. The number of anilines is 1. The number of unbranched alkanes of at least 4 members (excludes halogenated alkanes) is 2. The van der Waals surface area contributed by atoms with E-state index in [4.69, 9.17) is 10.5 Å². The number of aromatic carboxylic acids is 1. The highest BCUT2D eigenvalue weighted by atomic mass is 16.5. The topological polar surface area (TPSA) is 85.4 Å². The molecule has 144 valence electrons. The lowest BCUT2D eigenvalue weighted by Crippen LogP contribution is -2.20. The summed E-state index contributed by atoms with van der Waals surface area (Å²) >= 11 is 0. The van der Waals surface area contributed by atoms with Gasteiger partial charge in [-0.05, 0) is 38.7 Å². The van der Waals surface area contributed by atoms with Crippen molar-refractivity contribution >= 4 is 17.7 Å². The van der Waals surface area contributed by atoms with Crippen LogP contribution in [0.5, 0.6) is 0 Å². The zero-order valence-corrected chi connectivity index (χ0v) is 16.3. The molecular formula is C21H32N2O3. The first-order valence-corrected chi connectivity index (χ1v) is 9.84. The summed E-state index contributed by atoms with van der Waals surface area (Å²) in [6, 6.07) is 0. The number of hydrogen-bond acceptors (Lipinski definition) is 4. The molecule has 3 N–H and O–H groups in total. The molecule has 1 aliphatic rings. The lowest BCUT2D eigenvalue weighted by atomic mass is 9.98. The molecular weight excluding hydrogens is 328 g/mol. The number of fused-ring (bicyclic) bond motifs is 1. The van der Waals surface area contributed by atoms with Crippen LogP contribution in [0.4, 0.5) is 5.69 Å². The number of carboxylic acids is 1. The van der Waals surface area contributed by atoms with Crippen LogP contribution in [0.2, 0.25) is 0 Å². The molecule has 5 nitrogen and oxygen atoms in total. The van der Waals surface area contributed by atoms with Crippen LogP contribution in [0.3, 0.4) is 0 Å². The third kappa shape index (κ3) is 4.85. The molecule has 0 amide bonds. The highest BCUT2D eigenvalue weighted by molar-refractivity contribution is 5.96. The van der Waals surface area contributed by atoms with E-state index >= 15 is 0 Å². The van der Waals surface area contributed by atoms with Crippen molar-refractivity contribution in [3.63, 3.8) is 0 Å². The summed E-state index contributed by atoms with van der Waals surface area (Å²) < 4.78 is 6.49. The zero-order valence-electron chi connectivity index (χ0n) is 16.3. The van der Waals surface area contributed by atoms with Crippen molar-refractivity contribution in [1.29, 1.82) is 0 Å². The molecule has 1 aliphatic carbocycles. The van der Waals surface area contributed by atoms with Gasteiger partial charge in [-0.15, -0.1) is 0 Å². The molecule has 0 bridgehead atoms. The van der Waals surface area contributed by atoms with Gasteiger partial charge in [-0.2, -0.15) is 0 Å². The van der Waals surface area contributed by atoms with Crippen molar-refractivity contribution in [3.05, 3.63) is 28.6 Å². The van der Waals surface area contributed by atoms with Crippen molar-refractivity contribution in [2.45, 2.75) is 84.3 Å². The normalized spacial score (nSPS) is 17.6. The maximum atomic E-state index is 11.6. The van der Waals surface area contributed by atoms with Crippen LogP contribution in [0.15, 0.2) is 6.08 Å². The predicted molar refractivity (Wildman–Crippen MR) is 105 cm³/mol. The van der Waals surface area contributed by atoms with Gasteiger partial charge >= 0.3 is 5.97 Å². The number of nitrogens with zero attached hydrogens (tertiary/aromatic N) is 1. The fourth-order valence-corrected chi connectivity index (χ4v) is 3.68. The van der Waals surface area contributed by atoms with E-state index in [1.807, 2.05) is 6.08 Å². The molecule has 2 rings (SSSR count). The molecule has 5 heteroatoms. The second-order valence-corrected chi connectivity index (χ2v) is 7.10. The first-order chi connectivity index (χ1) is 12.5. The molecule has 0 aliphatic heterocycles. The minimum Gasteiger partial charge on any atom is -0.478 e. The molecule has 1 heterocycles. The fourth-order valence-electron chi connectivity index (χ4n) is 3.68. The number of hydrogen-bond donors (Lipinski definition) is 2. The SMILES string of the molecule is CCCCCC(CCC)OC1CCC=Cc2nc(C)c(C(=O)O)c(N)c21. The average Bonchev–Trinajstić information content (AvgIpc) is 2.77. The molecule has 2 unspecified atom stereocenters. The summed E-state index contributed by atoms with van der Waals surface area (Å²) in [6.45, 7) is 6.06. The van der Waals surface area contributed by atoms with Gasteiger partial charge in [0, 0.05) is 5.56 Å². The number of nitrogen functional groups attached to an aromatic ring is 1. The lowest BCUT2D eigenvalue weighted by Gasteiger charge is -2.27. The van der Waals surface area contributed by atoms with Crippen molar-refractivity contribution < 1.29 is 14.6 Å². The van der Waals surface area contributed by atoms with Crippen LogP contribution in [0, 0.1) is 6.92 Å². The monoisotopic (exact) mass is 360 g/mol. The quantitative estimate of drug-likeness (QED) is 0.585. The number of carboxylic acid groups (broad SMARTS) is 1. The first-order valence-electron chi connectivity index (χ1n) is 9.84. The summed E-state index contributed by atoms with van der Waals surface area (Å²) in [5.41, 5.74) is 8.66. The Balaban J connectivity index is 2.34. The van der Waals surface area contributed by atoms with Crippen molar-refractivity contribution in [3.8, 4) is 0 Å². The van der Waals surface area contributed by atoms with Gasteiger partial charge in [-0.25, -0.2) is 4.79 Å². The molecule has 2 atom stereocenters. The van der Waals surface area contributed by atoms with E-state index in [0.29, 0.717) is 11.4 Å². The Hall–Kier alpha value is -1.88. The molecule has 1 aromatic rings. The highest BCUT2D eigenvalue weighted by Crippen LogP contribution is 2.38. The summed E-state index contributed by atoms with van der Waals surface area (Å²) in [4.78, 5) is 16.1. The van der Waals surface area contributed by atoms with E-state index < -0.39 is 5.97 Å². The largest absolute Gasteiger partial charge is 0.478 e. The third-order valence-corrected chi connectivity index (χ3v) is 4.99. The second kappa shape index (κ2) is 9.72.